The molecule has 0 amide bonds. The van der Waals surface area contributed by atoms with Crippen LogP contribution in [0, 0.1) is 19.8 Å². The number of allylic oxidation sites excluding steroid dienone is 2. The summed E-state index contributed by atoms with van der Waals surface area (Å²) < 4.78 is 20.0. The summed E-state index contributed by atoms with van der Waals surface area (Å²) in [4.78, 5) is 27.7. The predicted octanol–water partition coefficient (Wildman–Crippen LogP) is 8.78. The first-order valence-corrected chi connectivity index (χ1v) is 16.8. The second-order valence-corrected chi connectivity index (χ2v) is 14.5. The number of phenols is 3. The lowest BCUT2D eigenvalue weighted by molar-refractivity contribution is -0.0860. The van der Waals surface area contributed by atoms with Gasteiger partial charge in [-0.05, 0) is 71.2 Å². The Morgan fingerprint density at radius 1 is 0.680 bits per heavy atom. The van der Waals surface area contributed by atoms with Crippen molar-refractivity contribution in [3.8, 4) is 34.5 Å². The molecule has 50 heavy (non-hydrogen) atoms. The van der Waals surface area contributed by atoms with Crippen LogP contribution in [-0.4, -0.2) is 38.1 Å². The molecule has 3 aliphatic rings. The Morgan fingerprint density at radius 3 is 1.72 bits per heavy atom. The number of aromatic hydroxyl groups is 3. The summed E-state index contributed by atoms with van der Waals surface area (Å²) in [5, 5.41) is 34.6. The maximum Gasteiger partial charge on any atom is 0.193 e. The molecule has 0 aromatic heterocycles. The average molecular weight is 673 g/mol. The lowest BCUT2D eigenvalue weighted by Crippen LogP contribution is -2.53. The molecule has 3 atom stereocenters. The number of rotatable bonds is 6. The van der Waals surface area contributed by atoms with E-state index in [0.717, 1.165) is 11.1 Å². The van der Waals surface area contributed by atoms with Gasteiger partial charge in [-0.1, -0.05) is 72.8 Å². The maximum atomic E-state index is 13.8. The largest absolute Gasteiger partial charge is 0.507 e. The van der Waals surface area contributed by atoms with Gasteiger partial charge in [0.25, 0.3) is 0 Å². The highest BCUT2D eigenvalue weighted by atomic mass is 16.5. The molecule has 0 aliphatic carbocycles. The fourth-order valence-electron chi connectivity index (χ4n) is 7.84. The van der Waals surface area contributed by atoms with Crippen molar-refractivity contribution in [1.29, 1.82) is 0 Å². The van der Waals surface area contributed by atoms with Crippen LogP contribution >= 0.6 is 0 Å². The summed E-state index contributed by atoms with van der Waals surface area (Å²) in [5.74, 6) is -1.84. The highest BCUT2D eigenvalue weighted by Crippen LogP contribution is 2.66. The summed E-state index contributed by atoms with van der Waals surface area (Å²) in [5.41, 5.74) is 1.26. The van der Waals surface area contributed by atoms with E-state index in [1.54, 1.807) is 26.0 Å². The summed E-state index contributed by atoms with van der Waals surface area (Å²) >= 11 is 0. The van der Waals surface area contributed by atoms with Gasteiger partial charge >= 0.3 is 0 Å². The first-order chi connectivity index (χ1) is 23.7. The van der Waals surface area contributed by atoms with Gasteiger partial charge < -0.3 is 29.5 Å². The van der Waals surface area contributed by atoms with E-state index in [0.29, 0.717) is 23.3 Å². The number of hydrogen-bond acceptors (Lipinski definition) is 8. The fourth-order valence-corrected chi connectivity index (χ4v) is 7.84. The Morgan fingerprint density at radius 2 is 1.18 bits per heavy atom. The second-order valence-electron chi connectivity index (χ2n) is 14.5. The van der Waals surface area contributed by atoms with E-state index in [2.05, 4.69) is 0 Å². The van der Waals surface area contributed by atoms with Crippen LogP contribution in [0.2, 0.25) is 0 Å². The normalized spacial score (nSPS) is 21.0. The van der Waals surface area contributed by atoms with Gasteiger partial charge in [0.2, 0.25) is 0 Å². The van der Waals surface area contributed by atoms with Crippen molar-refractivity contribution in [2.75, 3.05) is 0 Å². The molecule has 3 heterocycles. The van der Waals surface area contributed by atoms with Crippen LogP contribution in [-0.2, 0) is 0 Å². The quantitative estimate of drug-likeness (QED) is 0.137. The number of carbonyl (C=O) groups excluding carboxylic acids is 2. The Bertz CT molecular complexity index is 2110. The van der Waals surface area contributed by atoms with Crippen molar-refractivity contribution in [2.24, 2.45) is 5.92 Å². The third kappa shape index (κ3) is 5.30. The van der Waals surface area contributed by atoms with Crippen molar-refractivity contribution in [3.05, 3.63) is 117 Å². The molecule has 0 radical (unpaired) electrons. The Hall–Kier alpha value is -5.50. The van der Waals surface area contributed by atoms with E-state index < -0.39 is 34.8 Å². The van der Waals surface area contributed by atoms with Crippen molar-refractivity contribution < 1.29 is 39.1 Å². The van der Waals surface area contributed by atoms with Crippen LogP contribution in [0.4, 0.5) is 0 Å². The predicted molar refractivity (Wildman–Crippen MR) is 191 cm³/mol. The number of fused-ring (bicyclic) bond motifs is 4. The van der Waals surface area contributed by atoms with Crippen molar-refractivity contribution in [1.82, 2.24) is 0 Å². The van der Waals surface area contributed by atoms with Gasteiger partial charge in [-0.3, -0.25) is 9.59 Å². The molecule has 256 valence electrons. The van der Waals surface area contributed by atoms with E-state index >= 15 is 0 Å². The van der Waals surface area contributed by atoms with E-state index in [-0.39, 0.29) is 56.9 Å². The molecule has 0 saturated heterocycles. The van der Waals surface area contributed by atoms with Gasteiger partial charge in [0.1, 0.15) is 62.9 Å². The third-order valence-corrected chi connectivity index (χ3v) is 10.2. The second kappa shape index (κ2) is 11.8. The van der Waals surface area contributed by atoms with Crippen molar-refractivity contribution in [2.45, 2.75) is 71.2 Å². The lowest BCUT2D eigenvalue weighted by Gasteiger charge is -2.54. The van der Waals surface area contributed by atoms with Crippen LogP contribution in [0.25, 0.3) is 12.2 Å². The van der Waals surface area contributed by atoms with Crippen LogP contribution in [0.3, 0.4) is 0 Å². The Balaban J connectivity index is 1.40. The minimum atomic E-state index is -1.000. The molecule has 0 bridgehead atoms. The molecule has 0 unspecified atom stereocenters. The molecule has 0 spiro atoms. The molecule has 0 saturated carbocycles. The molecular weight excluding hydrogens is 632 g/mol. The first-order valence-electron chi connectivity index (χ1n) is 16.8. The topological polar surface area (TPSA) is 123 Å². The minimum Gasteiger partial charge on any atom is -0.507 e. The first kappa shape index (κ1) is 33.0. The van der Waals surface area contributed by atoms with E-state index in [1.807, 2.05) is 88.4 Å². The van der Waals surface area contributed by atoms with E-state index in [9.17, 15) is 24.9 Å². The van der Waals surface area contributed by atoms with E-state index in [1.165, 1.54) is 12.2 Å². The number of ketones is 2. The van der Waals surface area contributed by atoms with E-state index in [4.69, 9.17) is 14.2 Å². The average Bonchev–Trinajstić information content (AvgIpc) is 3.07. The smallest absolute Gasteiger partial charge is 0.193 e. The summed E-state index contributed by atoms with van der Waals surface area (Å²) in [6.45, 7) is 10.9. The molecule has 7 rings (SSSR count). The Kier molecular flexibility index (Phi) is 7.81. The molecule has 4 aromatic rings. The number of ether oxygens (including phenoxy) is 3. The summed E-state index contributed by atoms with van der Waals surface area (Å²) in [6, 6.07) is 18.7. The Labute approximate surface area is 291 Å². The zero-order valence-corrected chi connectivity index (χ0v) is 28.9. The minimum absolute atomic E-state index is 0.0503. The number of carbonyl (C=O) groups is 2. The van der Waals surface area contributed by atoms with Crippen LogP contribution in [0.5, 0.6) is 34.5 Å². The van der Waals surface area contributed by atoms with Gasteiger partial charge in [0.15, 0.2) is 11.6 Å². The summed E-state index contributed by atoms with van der Waals surface area (Å²) in [6.07, 6.45) is 5.84. The molecule has 8 heteroatoms. The zero-order valence-electron chi connectivity index (χ0n) is 28.9. The van der Waals surface area contributed by atoms with Gasteiger partial charge in [-0.25, -0.2) is 0 Å². The van der Waals surface area contributed by atoms with Crippen LogP contribution in [0.15, 0.2) is 72.8 Å². The maximum absolute atomic E-state index is 13.8. The number of hydrogen-bond donors (Lipinski definition) is 3. The van der Waals surface area contributed by atoms with Gasteiger partial charge in [-0.15, -0.1) is 0 Å². The molecule has 4 aromatic carbocycles. The van der Waals surface area contributed by atoms with Gasteiger partial charge in [0, 0.05) is 28.5 Å². The fraction of sp³-hybridized carbons (Fsp3) is 0.286. The SMILES string of the molecule is Cc1c(O)c(C(=O)/C=C/c2ccccc2)c2c(c1O)[C@H]1Oc3c(C)c(O)c(C(=O)/C=C/c4ccccc4)c4c3[C@H](CC(C)(C)O4)[C@H]1C(C)(C)O2. The van der Waals surface area contributed by atoms with Crippen molar-refractivity contribution in [3.63, 3.8) is 0 Å². The number of benzene rings is 4. The molecule has 3 N–H and O–H groups in total. The standard InChI is InChI=1S/C42H40O8/c1-22-34(45)30(27(43)19-17-24-13-9-7-10-14-24)39-32(35(22)46)40-33(42(5,6)50-39)26-21-41(3,4)49-38-29(26)37(48-40)23(2)36(47)31(38)28(44)20-18-25-15-11-8-12-16-25/h7-20,26,33,40,45-47H,21H2,1-6H3/b19-17+,20-18+/t26-,33+,40+/m0/s1. The highest BCUT2D eigenvalue weighted by molar-refractivity contribution is 6.12. The number of phenolic OH excluding ortho intramolecular Hbond substituents is 3. The molecular formula is C42H40O8. The molecule has 8 nitrogen and oxygen atoms in total. The van der Waals surface area contributed by atoms with Crippen molar-refractivity contribution >= 4 is 23.7 Å². The van der Waals surface area contributed by atoms with Gasteiger partial charge in [-0.2, -0.15) is 0 Å². The highest BCUT2D eigenvalue weighted by Gasteiger charge is 2.58. The monoisotopic (exact) mass is 672 g/mol. The molecule has 0 fully saturated rings. The zero-order chi connectivity index (χ0) is 35.7. The molecule has 3 aliphatic heterocycles. The van der Waals surface area contributed by atoms with Gasteiger partial charge in [0.05, 0.1) is 5.56 Å². The summed E-state index contributed by atoms with van der Waals surface area (Å²) in [7, 11) is 0. The third-order valence-electron chi connectivity index (χ3n) is 10.2. The van der Waals surface area contributed by atoms with Crippen LogP contribution in [0.1, 0.15) is 100 Å². The lowest BCUT2D eigenvalue weighted by atomic mass is 9.63. The van der Waals surface area contributed by atoms with Crippen LogP contribution < -0.4 is 14.2 Å².